The zero-order valence-corrected chi connectivity index (χ0v) is 35.2. The number of nitrogens with zero attached hydrogens (tertiary/aromatic N) is 1. The second kappa shape index (κ2) is 19.2. The molecule has 5 aromatic carbocycles. The van der Waals surface area contributed by atoms with Gasteiger partial charge in [0, 0.05) is 17.1 Å². The molecular formula is C58H59N. The van der Waals surface area contributed by atoms with Gasteiger partial charge in [0.25, 0.3) is 0 Å². The van der Waals surface area contributed by atoms with Gasteiger partial charge in [-0.3, -0.25) is 0 Å². The third-order valence-corrected chi connectivity index (χ3v) is 12.7. The summed E-state index contributed by atoms with van der Waals surface area (Å²) in [4.78, 5) is 2.42. The first-order valence-electron chi connectivity index (χ1n) is 22.1. The molecule has 0 aromatic heterocycles. The average Bonchev–Trinajstić information content (AvgIpc) is 3.31. The summed E-state index contributed by atoms with van der Waals surface area (Å²) in [6, 6.07) is 42.9. The van der Waals surface area contributed by atoms with Crippen LogP contribution in [-0.2, 0) is 0 Å². The first-order valence-corrected chi connectivity index (χ1v) is 22.1. The van der Waals surface area contributed by atoms with Gasteiger partial charge in [0.05, 0.1) is 0 Å². The Morgan fingerprint density at radius 1 is 0.678 bits per heavy atom. The molecule has 5 aromatic rings. The van der Waals surface area contributed by atoms with Crippen molar-refractivity contribution < 1.29 is 0 Å². The van der Waals surface area contributed by atoms with Crippen molar-refractivity contribution in [3.05, 3.63) is 211 Å². The largest absolute Gasteiger partial charge is 0.311 e. The second-order valence-corrected chi connectivity index (χ2v) is 16.4. The van der Waals surface area contributed by atoms with Gasteiger partial charge in [0.15, 0.2) is 0 Å². The molecule has 0 amide bonds. The Hall–Kier alpha value is -5.92. The highest BCUT2D eigenvalue weighted by Crippen LogP contribution is 2.46. The van der Waals surface area contributed by atoms with Crippen LogP contribution < -0.4 is 4.90 Å². The fourth-order valence-electron chi connectivity index (χ4n) is 9.59. The lowest BCUT2D eigenvalue weighted by atomic mass is 9.69. The third kappa shape index (κ3) is 9.21. The van der Waals surface area contributed by atoms with Gasteiger partial charge in [-0.2, -0.15) is 0 Å². The molecular weight excluding hydrogens is 711 g/mol. The molecule has 0 saturated heterocycles. The van der Waals surface area contributed by atoms with E-state index >= 15 is 0 Å². The van der Waals surface area contributed by atoms with Gasteiger partial charge in [-0.25, -0.2) is 0 Å². The summed E-state index contributed by atoms with van der Waals surface area (Å²) in [6.45, 7) is 6.36. The molecule has 1 nitrogen and oxygen atoms in total. The molecule has 296 valence electrons. The van der Waals surface area contributed by atoms with Gasteiger partial charge >= 0.3 is 0 Å². The Balaban J connectivity index is 1.17. The Morgan fingerprint density at radius 2 is 1.44 bits per heavy atom. The molecule has 0 bridgehead atoms. The van der Waals surface area contributed by atoms with Crippen LogP contribution in [0.3, 0.4) is 0 Å². The maximum absolute atomic E-state index is 2.66. The highest BCUT2D eigenvalue weighted by molar-refractivity contribution is 6.00. The molecule has 0 heterocycles. The van der Waals surface area contributed by atoms with Gasteiger partial charge in [-0.1, -0.05) is 151 Å². The van der Waals surface area contributed by atoms with E-state index in [0.717, 1.165) is 29.9 Å². The minimum atomic E-state index is 0.531. The Kier molecular flexibility index (Phi) is 13.0. The number of anilines is 2. The number of allylic oxidation sites excluding steroid dienone is 15. The van der Waals surface area contributed by atoms with E-state index in [9.17, 15) is 0 Å². The van der Waals surface area contributed by atoms with E-state index in [1.165, 1.54) is 82.7 Å². The number of fused-ring (bicyclic) bond motifs is 1. The fraction of sp³-hybridized carbons (Fsp3) is 0.241. The fourth-order valence-corrected chi connectivity index (χ4v) is 9.59. The summed E-state index contributed by atoms with van der Waals surface area (Å²) in [6.07, 6.45) is 37.5. The highest BCUT2D eigenvalue weighted by atomic mass is 15.1. The molecule has 0 spiro atoms. The van der Waals surface area contributed by atoms with Crippen molar-refractivity contribution in [2.24, 2.45) is 17.8 Å². The van der Waals surface area contributed by atoms with Crippen molar-refractivity contribution in [1.82, 2.24) is 0 Å². The first-order chi connectivity index (χ1) is 29.1. The summed E-state index contributed by atoms with van der Waals surface area (Å²) in [5, 5.41) is 2.52. The topological polar surface area (TPSA) is 3.24 Å². The van der Waals surface area contributed by atoms with Crippen LogP contribution in [0.5, 0.6) is 0 Å². The third-order valence-electron chi connectivity index (χ3n) is 12.7. The van der Waals surface area contributed by atoms with E-state index in [-0.39, 0.29) is 0 Å². The molecule has 3 unspecified atom stereocenters. The Labute approximate surface area is 353 Å². The molecule has 8 rings (SSSR count). The quantitative estimate of drug-likeness (QED) is 0.0902. The lowest BCUT2D eigenvalue weighted by molar-refractivity contribution is 0.375. The SMILES string of the molecule is C/C=C\C(=C/C)C/C=C\C(=C/C)N(c1ccc(C2=CC(C3=CC=CCC3)CCC2C2C=CCCC2)cc1)c1ccc(-c2cc(-c3ccccc3)cc3ccccc23)cc1. The van der Waals surface area contributed by atoms with Gasteiger partial charge in [0.2, 0.25) is 0 Å². The van der Waals surface area contributed by atoms with Crippen molar-refractivity contribution in [2.45, 2.75) is 72.1 Å². The first kappa shape index (κ1) is 39.9. The van der Waals surface area contributed by atoms with E-state index in [1.54, 1.807) is 11.1 Å². The summed E-state index contributed by atoms with van der Waals surface area (Å²) in [5.74, 6) is 1.73. The van der Waals surface area contributed by atoms with Crippen LogP contribution in [0, 0.1) is 17.8 Å². The molecule has 59 heavy (non-hydrogen) atoms. The number of rotatable bonds is 12. The van der Waals surface area contributed by atoms with Crippen LogP contribution in [0.2, 0.25) is 0 Å². The molecule has 0 saturated carbocycles. The summed E-state index contributed by atoms with van der Waals surface area (Å²) in [7, 11) is 0. The maximum Gasteiger partial charge on any atom is 0.0461 e. The lowest BCUT2D eigenvalue weighted by Crippen LogP contribution is -2.23. The summed E-state index contributed by atoms with van der Waals surface area (Å²) < 4.78 is 0. The van der Waals surface area contributed by atoms with Crippen LogP contribution in [0.15, 0.2) is 205 Å². The van der Waals surface area contributed by atoms with Crippen LogP contribution in [0.4, 0.5) is 11.4 Å². The maximum atomic E-state index is 2.66. The van der Waals surface area contributed by atoms with E-state index in [2.05, 4.69) is 214 Å². The van der Waals surface area contributed by atoms with E-state index in [0.29, 0.717) is 17.8 Å². The molecule has 3 aliphatic rings. The average molecular weight is 770 g/mol. The number of hydrogen-bond donors (Lipinski definition) is 0. The van der Waals surface area contributed by atoms with Gasteiger partial charge in [-0.15, -0.1) is 0 Å². The van der Waals surface area contributed by atoms with Gasteiger partial charge in [0.1, 0.15) is 0 Å². The number of hydrogen-bond acceptors (Lipinski definition) is 1. The zero-order chi connectivity index (χ0) is 40.4. The lowest BCUT2D eigenvalue weighted by Gasteiger charge is -2.36. The summed E-state index contributed by atoms with van der Waals surface area (Å²) >= 11 is 0. The Morgan fingerprint density at radius 3 is 2.14 bits per heavy atom. The standard InChI is InChI=1S/C58H59N/c1-4-19-43(5-2)20-18-28-52(6-3)59(54-37-32-48(33-38-54)58-42-51(45-23-12-8-13-24-45)40-50-27-16-17-29-55(50)58)53-35-30-47(31-36-53)57-41-49(44-21-10-7-11-22-44)34-39-56(57)46-25-14-9-15-26-46/h4-8,10,12-14,16-19,21,23-25,27-33,35-38,40-42,46,49,56H,9,11,15,20,22,26,34,39H2,1-3H3/b19-4-,28-18-,43-5+,52-6+. The molecule has 0 fully saturated rings. The van der Waals surface area contributed by atoms with Gasteiger partial charge in [-0.05, 0) is 182 Å². The van der Waals surface area contributed by atoms with E-state index in [1.807, 2.05) is 0 Å². The summed E-state index contributed by atoms with van der Waals surface area (Å²) in [5.41, 5.74) is 14.2. The predicted octanol–water partition coefficient (Wildman–Crippen LogP) is 16.7. The Bertz CT molecular complexity index is 2460. The van der Waals surface area contributed by atoms with Crippen molar-refractivity contribution in [3.8, 4) is 22.3 Å². The zero-order valence-electron chi connectivity index (χ0n) is 35.2. The molecule has 0 radical (unpaired) electrons. The highest BCUT2D eigenvalue weighted by Gasteiger charge is 2.31. The van der Waals surface area contributed by atoms with Crippen LogP contribution in [-0.4, -0.2) is 0 Å². The van der Waals surface area contributed by atoms with Crippen LogP contribution >= 0.6 is 0 Å². The molecule has 1 heteroatoms. The molecule has 3 atom stereocenters. The van der Waals surface area contributed by atoms with Crippen molar-refractivity contribution in [2.75, 3.05) is 4.90 Å². The van der Waals surface area contributed by atoms with Gasteiger partial charge < -0.3 is 4.90 Å². The minimum absolute atomic E-state index is 0.531. The monoisotopic (exact) mass is 769 g/mol. The molecule has 3 aliphatic carbocycles. The molecule has 0 aliphatic heterocycles. The number of benzene rings is 5. The van der Waals surface area contributed by atoms with Crippen molar-refractivity contribution in [1.29, 1.82) is 0 Å². The van der Waals surface area contributed by atoms with Crippen LogP contribution in [0.1, 0.15) is 77.7 Å². The minimum Gasteiger partial charge on any atom is -0.311 e. The predicted molar refractivity (Wildman–Crippen MR) is 257 cm³/mol. The second-order valence-electron chi connectivity index (χ2n) is 16.4. The van der Waals surface area contributed by atoms with Crippen molar-refractivity contribution >= 4 is 27.7 Å². The smallest absolute Gasteiger partial charge is 0.0461 e. The normalized spacial score (nSPS) is 20.0. The van der Waals surface area contributed by atoms with Crippen LogP contribution in [0.25, 0.3) is 38.6 Å². The molecule has 0 N–H and O–H groups in total. The van der Waals surface area contributed by atoms with E-state index < -0.39 is 0 Å². The van der Waals surface area contributed by atoms with E-state index in [4.69, 9.17) is 0 Å². The van der Waals surface area contributed by atoms with Crippen molar-refractivity contribution in [3.63, 3.8) is 0 Å².